The van der Waals surface area contributed by atoms with Gasteiger partial charge in [0, 0.05) is 10.7 Å². The summed E-state index contributed by atoms with van der Waals surface area (Å²) in [5.41, 5.74) is 1.59. The Hall–Kier alpha value is -3.03. The summed E-state index contributed by atoms with van der Waals surface area (Å²) in [5.74, 6) is 0.746. The molecule has 0 bridgehead atoms. The van der Waals surface area contributed by atoms with Gasteiger partial charge in [-0.25, -0.2) is 8.42 Å². The molecule has 0 saturated carbocycles. The van der Waals surface area contributed by atoms with Crippen molar-refractivity contribution in [1.82, 2.24) is 0 Å². The van der Waals surface area contributed by atoms with E-state index in [1.807, 2.05) is 30.3 Å². The molecule has 31 heavy (non-hydrogen) atoms. The van der Waals surface area contributed by atoms with Crippen molar-refractivity contribution in [1.29, 1.82) is 0 Å². The number of carbonyl (C=O) groups is 1. The van der Waals surface area contributed by atoms with Crippen LogP contribution in [-0.4, -0.2) is 26.6 Å². The molecule has 1 amide bonds. The van der Waals surface area contributed by atoms with Crippen LogP contribution in [0.5, 0.6) is 11.5 Å². The van der Waals surface area contributed by atoms with Crippen LogP contribution in [0.4, 0.5) is 11.4 Å². The zero-order valence-corrected chi connectivity index (χ0v) is 18.9. The third-order valence-electron chi connectivity index (χ3n) is 4.68. The van der Waals surface area contributed by atoms with E-state index in [4.69, 9.17) is 16.3 Å². The van der Waals surface area contributed by atoms with E-state index < -0.39 is 22.0 Å². The van der Waals surface area contributed by atoms with Crippen LogP contribution in [0.2, 0.25) is 5.02 Å². The van der Waals surface area contributed by atoms with Gasteiger partial charge in [0.15, 0.2) is 0 Å². The Bertz CT molecular complexity index is 1170. The maximum absolute atomic E-state index is 12.9. The molecule has 0 unspecified atom stereocenters. The molecule has 0 radical (unpaired) electrons. The van der Waals surface area contributed by atoms with E-state index in [1.165, 1.54) is 6.92 Å². The first-order valence-electron chi connectivity index (χ1n) is 9.55. The van der Waals surface area contributed by atoms with Gasteiger partial charge in [-0.15, -0.1) is 0 Å². The number of hydrogen-bond donors (Lipinski definition) is 1. The number of nitrogens with one attached hydrogen (secondary N) is 1. The molecule has 1 N–H and O–H groups in total. The molecular weight excluding hydrogens is 436 g/mol. The molecule has 3 aromatic rings. The molecule has 0 heterocycles. The number of nitrogens with zero attached hydrogens (tertiary/aromatic N) is 1. The number of para-hydroxylation sites is 1. The van der Waals surface area contributed by atoms with E-state index in [9.17, 15) is 13.2 Å². The smallest absolute Gasteiger partial charge is 0.248 e. The second kappa shape index (κ2) is 9.41. The zero-order chi connectivity index (χ0) is 22.6. The quantitative estimate of drug-likeness (QED) is 0.525. The van der Waals surface area contributed by atoms with Gasteiger partial charge in [0.25, 0.3) is 0 Å². The first-order chi connectivity index (χ1) is 14.7. The van der Waals surface area contributed by atoms with E-state index in [-0.39, 0.29) is 0 Å². The zero-order valence-electron chi connectivity index (χ0n) is 17.4. The highest BCUT2D eigenvalue weighted by Gasteiger charge is 2.29. The lowest BCUT2D eigenvalue weighted by atomic mass is 10.2. The average Bonchev–Trinajstić information content (AvgIpc) is 2.72. The van der Waals surface area contributed by atoms with Crippen LogP contribution in [-0.2, 0) is 14.8 Å². The molecule has 0 spiro atoms. The Morgan fingerprint density at radius 3 is 2.19 bits per heavy atom. The molecule has 6 nitrogen and oxygen atoms in total. The maximum atomic E-state index is 12.9. The summed E-state index contributed by atoms with van der Waals surface area (Å²) in [5, 5.41) is 3.28. The predicted octanol–water partition coefficient (Wildman–Crippen LogP) is 5.23. The summed E-state index contributed by atoms with van der Waals surface area (Å²) in [6.45, 7) is 3.31. The van der Waals surface area contributed by atoms with E-state index >= 15 is 0 Å². The van der Waals surface area contributed by atoms with E-state index in [0.29, 0.717) is 33.5 Å². The Labute approximate surface area is 187 Å². The minimum atomic E-state index is -3.74. The lowest BCUT2D eigenvalue weighted by Crippen LogP contribution is -2.45. The van der Waals surface area contributed by atoms with Gasteiger partial charge in [0.05, 0.1) is 11.9 Å². The molecule has 0 aromatic heterocycles. The normalized spacial score (nSPS) is 12.1. The van der Waals surface area contributed by atoms with Gasteiger partial charge in [-0.05, 0) is 67.9 Å². The number of amides is 1. The monoisotopic (exact) mass is 458 g/mol. The van der Waals surface area contributed by atoms with Crippen molar-refractivity contribution in [3.63, 3.8) is 0 Å². The van der Waals surface area contributed by atoms with Crippen LogP contribution < -0.4 is 14.4 Å². The predicted molar refractivity (Wildman–Crippen MR) is 125 cm³/mol. The Morgan fingerprint density at radius 2 is 1.58 bits per heavy atom. The molecule has 0 saturated heterocycles. The fourth-order valence-corrected chi connectivity index (χ4v) is 4.42. The Balaban J connectivity index is 1.82. The maximum Gasteiger partial charge on any atom is 0.248 e. The molecular formula is C23H23ClN2O4S. The van der Waals surface area contributed by atoms with Crippen LogP contribution in [0.1, 0.15) is 12.5 Å². The minimum Gasteiger partial charge on any atom is -0.457 e. The summed E-state index contributed by atoms with van der Waals surface area (Å²) >= 11 is 6.11. The molecule has 0 aliphatic rings. The van der Waals surface area contributed by atoms with Crippen molar-refractivity contribution in [3.8, 4) is 11.5 Å². The Kier molecular flexibility index (Phi) is 6.87. The number of sulfonamides is 1. The van der Waals surface area contributed by atoms with Crippen LogP contribution in [0.15, 0.2) is 72.8 Å². The highest BCUT2D eigenvalue weighted by Crippen LogP contribution is 2.28. The summed E-state index contributed by atoms with van der Waals surface area (Å²) in [4.78, 5) is 12.9. The number of carbonyl (C=O) groups excluding carboxylic acids is 1. The molecule has 0 fully saturated rings. The van der Waals surface area contributed by atoms with E-state index in [2.05, 4.69) is 5.32 Å². The number of hydrogen-bond acceptors (Lipinski definition) is 4. The van der Waals surface area contributed by atoms with Gasteiger partial charge in [-0.1, -0.05) is 35.9 Å². The summed E-state index contributed by atoms with van der Waals surface area (Å²) in [6.07, 6.45) is 1.07. The third-order valence-corrected chi connectivity index (χ3v) is 6.34. The van der Waals surface area contributed by atoms with Gasteiger partial charge in [0.1, 0.15) is 17.5 Å². The fraction of sp³-hybridized carbons (Fsp3) is 0.174. The average molecular weight is 459 g/mol. The minimum absolute atomic E-state index is 0.355. The molecule has 3 rings (SSSR count). The number of anilines is 2. The lowest BCUT2D eigenvalue weighted by molar-refractivity contribution is -0.116. The summed E-state index contributed by atoms with van der Waals surface area (Å²) < 4.78 is 31.9. The fourth-order valence-electron chi connectivity index (χ4n) is 3.07. The van der Waals surface area contributed by atoms with Crippen LogP contribution in [0.3, 0.4) is 0 Å². The van der Waals surface area contributed by atoms with Crippen molar-refractivity contribution in [3.05, 3.63) is 83.4 Å². The van der Waals surface area contributed by atoms with E-state index in [0.717, 1.165) is 10.6 Å². The molecule has 0 aliphatic carbocycles. The molecule has 8 heteroatoms. The van der Waals surface area contributed by atoms with Gasteiger partial charge in [0.2, 0.25) is 15.9 Å². The molecule has 1 atom stereocenters. The molecule has 0 aliphatic heterocycles. The van der Waals surface area contributed by atoms with Crippen molar-refractivity contribution in [2.75, 3.05) is 15.9 Å². The largest absolute Gasteiger partial charge is 0.457 e. The number of benzene rings is 3. The first-order valence-corrected chi connectivity index (χ1v) is 11.8. The van der Waals surface area contributed by atoms with Crippen molar-refractivity contribution in [2.24, 2.45) is 0 Å². The summed E-state index contributed by atoms with van der Waals surface area (Å²) in [7, 11) is -3.74. The first kappa shape index (κ1) is 22.7. The number of ether oxygens (including phenoxy) is 1. The van der Waals surface area contributed by atoms with Gasteiger partial charge < -0.3 is 10.1 Å². The van der Waals surface area contributed by atoms with Crippen LogP contribution in [0, 0.1) is 6.92 Å². The van der Waals surface area contributed by atoms with E-state index in [1.54, 1.807) is 49.4 Å². The topological polar surface area (TPSA) is 75.7 Å². The third kappa shape index (κ3) is 5.57. The second-order valence-electron chi connectivity index (χ2n) is 7.05. The second-order valence-corrected chi connectivity index (χ2v) is 9.31. The highest BCUT2D eigenvalue weighted by atomic mass is 35.5. The Morgan fingerprint density at radius 1 is 0.968 bits per heavy atom. The number of rotatable bonds is 7. The standard InChI is InChI=1S/C23H23ClN2O4S/c1-16-21(24)10-7-11-22(16)25-23(27)17(2)26(31(3,28)29)18-12-14-20(15-13-18)30-19-8-5-4-6-9-19/h4-15,17H,1-3H3,(H,25,27)/t17-/m0/s1. The lowest BCUT2D eigenvalue weighted by Gasteiger charge is -2.28. The number of halogens is 1. The summed E-state index contributed by atoms with van der Waals surface area (Å²) in [6, 6.07) is 19.9. The van der Waals surface area contributed by atoms with Crippen LogP contribution >= 0.6 is 11.6 Å². The van der Waals surface area contributed by atoms with Gasteiger partial charge >= 0.3 is 0 Å². The highest BCUT2D eigenvalue weighted by molar-refractivity contribution is 7.92. The van der Waals surface area contributed by atoms with Crippen molar-refractivity contribution < 1.29 is 17.9 Å². The SMILES string of the molecule is Cc1c(Cl)cccc1NC(=O)[C@H](C)N(c1ccc(Oc2ccccc2)cc1)S(C)(=O)=O. The molecule has 3 aromatic carbocycles. The van der Waals surface area contributed by atoms with Crippen LogP contribution in [0.25, 0.3) is 0 Å². The van der Waals surface area contributed by atoms with Crippen molar-refractivity contribution >= 4 is 38.9 Å². The van der Waals surface area contributed by atoms with Crippen molar-refractivity contribution in [2.45, 2.75) is 19.9 Å². The molecule has 162 valence electrons. The van der Waals surface area contributed by atoms with Gasteiger partial charge in [-0.3, -0.25) is 9.10 Å². The van der Waals surface area contributed by atoms with Gasteiger partial charge in [-0.2, -0.15) is 0 Å².